The summed E-state index contributed by atoms with van der Waals surface area (Å²) < 4.78 is 0. The molecule has 0 aromatic heterocycles. The Kier molecular flexibility index (Phi) is 4.63. The number of rotatable bonds is 4. The fourth-order valence-electron chi connectivity index (χ4n) is 2.40. The lowest BCUT2D eigenvalue weighted by Crippen LogP contribution is -2.34. The van der Waals surface area contributed by atoms with Gasteiger partial charge in [0, 0.05) is 24.5 Å². The van der Waals surface area contributed by atoms with Crippen molar-refractivity contribution in [1.82, 2.24) is 10.2 Å². The molecule has 1 aromatic rings. The number of nitrogens with one attached hydrogen (secondary N) is 2. The number of carbonyl (C=O) groups excluding carboxylic acids is 1. The van der Waals surface area contributed by atoms with Crippen molar-refractivity contribution in [2.45, 2.75) is 13.3 Å². The predicted molar refractivity (Wildman–Crippen MR) is 78.1 cm³/mol. The molecule has 4 N–H and O–H groups in total. The van der Waals surface area contributed by atoms with Gasteiger partial charge in [-0.15, -0.1) is 0 Å². The van der Waals surface area contributed by atoms with E-state index in [0.717, 1.165) is 38.3 Å². The lowest BCUT2D eigenvalue weighted by Gasteiger charge is -2.14. The zero-order chi connectivity index (χ0) is 13.7. The molecule has 5 nitrogen and oxygen atoms in total. The van der Waals surface area contributed by atoms with E-state index in [1.807, 2.05) is 12.1 Å². The topological polar surface area (TPSA) is 70.4 Å². The highest BCUT2D eigenvalue weighted by Crippen LogP contribution is 2.15. The summed E-state index contributed by atoms with van der Waals surface area (Å²) in [6.45, 7) is 6.20. The number of urea groups is 1. The van der Waals surface area contributed by atoms with E-state index in [-0.39, 0.29) is 6.03 Å². The standard InChI is InChI=1S/C14H22N4O/c1-2-18-7-6-11(10-18)9-16-14(19)17-13-5-3-4-12(15)8-13/h3-5,8,11H,2,6-7,9-10,15H2,1H3,(H2,16,17,19). The maximum Gasteiger partial charge on any atom is 0.319 e. The number of anilines is 2. The summed E-state index contributed by atoms with van der Waals surface area (Å²) in [4.78, 5) is 14.2. The van der Waals surface area contributed by atoms with Crippen LogP contribution in [0.5, 0.6) is 0 Å². The average Bonchev–Trinajstić information content (AvgIpc) is 2.84. The van der Waals surface area contributed by atoms with Crippen molar-refractivity contribution in [2.75, 3.05) is 37.2 Å². The molecule has 104 valence electrons. The van der Waals surface area contributed by atoms with Crippen LogP contribution in [0.4, 0.5) is 16.2 Å². The highest BCUT2D eigenvalue weighted by atomic mass is 16.2. The number of nitrogens with two attached hydrogens (primary N) is 1. The quantitative estimate of drug-likeness (QED) is 0.724. The molecule has 1 atom stereocenters. The van der Waals surface area contributed by atoms with Gasteiger partial charge in [0.05, 0.1) is 0 Å². The molecule has 0 aliphatic carbocycles. The van der Waals surface area contributed by atoms with Crippen LogP contribution >= 0.6 is 0 Å². The molecule has 1 unspecified atom stereocenters. The minimum Gasteiger partial charge on any atom is -0.399 e. The Morgan fingerprint density at radius 2 is 2.37 bits per heavy atom. The Morgan fingerprint density at radius 3 is 3.05 bits per heavy atom. The first-order valence-corrected chi connectivity index (χ1v) is 6.80. The fraction of sp³-hybridized carbons (Fsp3) is 0.500. The summed E-state index contributed by atoms with van der Waals surface area (Å²) in [7, 11) is 0. The minimum absolute atomic E-state index is 0.166. The molecule has 0 saturated carbocycles. The molecule has 1 heterocycles. The number of hydrogen-bond acceptors (Lipinski definition) is 3. The van der Waals surface area contributed by atoms with Gasteiger partial charge in [0.1, 0.15) is 0 Å². The molecule has 0 spiro atoms. The molecule has 1 saturated heterocycles. The summed E-state index contributed by atoms with van der Waals surface area (Å²) in [5, 5.41) is 5.71. The Bertz CT molecular complexity index is 435. The van der Waals surface area contributed by atoms with E-state index in [9.17, 15) is 4.79 Å². The number of nitrogens with zero attached hydrogens (tertiary/aromatic N) is 1. The molecule has 2 rings (SSSR count). The normalized spacial score (nSPS) is 19.3. The largest absolute Gasteiger partial charge is 0.399 e. The molecule has 19 heavy (non-hydrogen) atoms. The fourth-order valence-corrected chi connectivity index (χ4v) is 2.40. The maximum absolute atomic E-state index is 11.8. The molecular weight excluding hydrogens is 240 g/mol. The smallest absolute Gasteiger partial charge is 0.319 e. The van der Waals surface area contributed by atoms with E-state index in [1.54, 1.807) is 12.1 Å². The van der Waals surface area contributed by atoms with E-state index in [1.165, 1.54) is 0 Å². The Labute approximate surface area is 114 Å². The van der Waals surface area contributed by atoms with Crippen molar-refractivity contribution in [3.8, 4) is 0 Å². The molecule has 2 amide bonds. The van der Waals surface area contributed by atoms with Crippen LogP contribution < -0.4 is 16.4 Å². The van der Waals surface area contributed by atoms with E-state index in [0.29, 0.717) is 11.6 Å². The zero-order valence-electron chi connectivity index (χ0n) is 11.4. The first-order chi connectivity index (χ1) is 9.17. The highest BCUT2D eigenvalue weighted by Gasteiger charge is 2.21. The van der Waals surface area contributed by atoms with Crippen LogP contribution in [0.1, 0.15) is 13.3 Å². The predicted octanol–water partition coefficient (Wildman–Crippen LogP) is 1.73. The van der Waals surface area contributed by atoms with Gasteiger partial charge < -0.3 is 21.3 Å². The van der Waals surface area contributed by atoms with E-state index in [4.69, 9.17) is 5.73 Å². The molecule has 1 aromatic carbocycles. The van der Waals surface area contributed by atoms with Crippen LogP contribution in [0.3, 0.4) is 0 Å². The van der Waals surface area contributed by atoms with Crippen molar-refractivity contribution in [3.05, 3.63) is 24.3 Å². The van der Waals surface area contributed by atoms with E-state index in [2.05, 4.69) is 22.5 Å². The van der Waals surface area contributed by atoms with Gasteiger partial charge in [-0.3, -0.25) is 0 Å². The van der Waals surface area contributed by atoms with Gasteiger partial charge in [0.15, 0.2) is 0 Å². The minimum atomic E-state index is -0.166. The van der Waals surface area contributed by atoms with Crippen molar-refractivity contribution in [2.24, 2.45) is 5.92 Å². The third kappa shape index (κ3) is 4.13. The van der Waals surface area contributed by atoms with Crippen molar-refractivity contribution in [3.63, 3.8) is 0 Å². The Morgan fingerprint density at radius 1 is 1.53 bits per heavy atom. The van der Waals surface area contributed by atoms with Gasteiger partial charge in [0.25, 0.3) is 0 Å². The third-order valence-corrected chi connectivity index (χ3v) is 3.51. The lowest BCUT2D eigenvalue weighted by molar-refractivity contribution is 0.250. The summed E-state index contributed by atoms with van der Waals surface area (Å²) in [5.74, 6) is 0.562. The molecule has 1 aliphatic heterocycles. The first-order valence-electron chi connectivity index (χ1n) is 6.80. The molecular formula is C14H22N4O. The molecule has 1 aliphatic rings. The van der Waals surface area contributed by atoms with Crippen LogP contribution in [0.2, 0.25) is 0 Å². The second kappa shape index (κ2) is 6.43. The van der Waals surface area contributed by atoms with Gasteiger partial charge in [-0.2, -0.15) is 0 Å². The van der Waals surface area contributed by atoms with Crippen LogP contribution in [0, 0.1) is 5.92 Å². The first kappa shape index (κ1) is 13.7. The van der Waals surface area contributed by atoms with Crippen LogP contribution in [-0.2, 0) is 0 Å². The average molecular weight is 262 g/mol. The summed E-state index contributed by atoms with van der Waals surface area (Å²) in [5.41, 5.74) is 7.03. The number of carbonyl (C=O) groups is 1. The van der Waals surface area contributed by atoms with Gasteiger partial charge in [-0.05, 0) is 43.6 Å². The Hall–Kier alpha value is -1.75. The number of likely N-dealkylation sites (tertiary alicyclic amines) is 1. The van der Waals surface area contributed by atoms with Gasteiger partial charge >= 0.3 is 6.03 Å². The SMILES string of the molecule is CCN1CCC(CNC(=O)Nc2cccc(N)c2)C1. The molecule has 5 heteroatoms. The lowest BCUT2D eigenvalue weighted by atomic mass is 10.1. The van der Waals surface area contributed by atoms with E-state index < -0.39 is 0 Å². The van der Waals surface area contributed by atoms with Gasteiger partial charge in [0.2, 0.25) is 0 Å². The van der Waals surface area contributed by atoms with Gasteiger partial charge in [-0.25, -0.2) is 4.79 Å². The Balaban J connectivity index is 1.73. The summed E-state index contributed by atoms with van der Waals surface area (Å²) in [6.07, 6.45) is 1.16. The van der Waals surface area contributed by atoms with Crippen molar-refractivity contribution < 1.29 is 4.79 Å². The highest BCUT2D eigenvalue weighted by molar-refractivity contribution is 5.89. The molecule has 1 fully saturated rings. The second-order valence-corrected chi connectivity index (χ2v) is 5.01. The zero-order valence-corrected chi connectivity index (χ0v) is 11.4. The van der Waals surface area contributed by atoms with E-state index >= 15 is 0 Å². The maximum atomic E-state index is 11.8. The number of nitrogen functional groups attached to an aromatic ring is 1. The number of amides is 2. The second-order valence-electron chi connectivity index (χ2n) is 5.01. The molecule has 0 bridgehead atoms. The van der Waals surface area contributed by atoms with Gasteiger partial charge in [-0.1, -0.05) is 13.0 Å². The number of hydrogen-bond donors (Lipinski definition) is 3. The van der Waals surface area contributed by atoms with Crippen molar-refractivity contribution >= 4 is 17.4 Å². The van der Waals surface area contributed by atoms with Crippen molar-refractivity contribution in [1.29, 1.82) is 0 Å². The third-order valence-electron chi connectivity index (χ3n) is 3.51. The summed E-state index contributed by atoms with van der Waals surface area (Å²) in [6, 6.07) is 7.01. The monoisotopic (exact) mass is 262 g/mol. The van der Waals surface area contributed by atoms with Crippen LogP contribution in [-0.4, -0.2) is 37.1 Å². The van der Waals surface area contributed by atoms with Crippen LogP contribution in [0.25, 0.3) is 0 Å². The number of benzene rings is 1. The summed E-state index contributed by atoms with van der Waals surface area (Å²) >= 11 is 0. The van der Waals surface area contributed by atoms with Crippen LogP contribution in [0.15, 0.2) is 24.3 Å². The molecule has 0 radical (unpaired) electrons.